The van der Waals surface area contributed by atoms with Crippen molar-refractivity contribution in [2.75, 3.05) is 19.8 Å². The number of nitrogens with one attached hydrogen (secondary N) is 1. The summed E-state index contributed by atoms with van der Waals surface area (Å²) in [6.07, 6.45) is 6.39. The first-order valence-corrected chi connectivity index (χ1v) is 10.1. The Hall–Kier alpha value is -0.910. The lowest BCUT2D eigenvalue weighted by Gasteiger charge is -2.37. The molecule has 1 spiro atoms. The molecule has 0 aromatic carbocycles. The van der Waals surface area contributed by atoms with Crippen molar-refractivity contribution in [1.82, 2.24) is 5.32 Å². The van der Waals surface area contributed by atoms with Crippen LogP contribution in [0.15, 0.2) is 0 Å². The Bertz CT molecular complexity index is 623. The molecular formula is C19H27NO3S. The highest BCUT2D eigenvalue weighted by Gasteiger charge is 2.42. The first kappa shape index (κ1) is 16.6. The van der Waals surface area contributed by atoms with Gasteiger partial charge in [0.05, 0.1) is 18.8 Å². The lowest BCUT2D eigenvalue weighted by molar-refractivity contribution is -0.183. The largest absolute Gasteiger partial charge is 0.352 e. The zero-order valence-electron chi connectivity index (χ0n) is 14.7. The third-order valence-electron chi connectivity index (χ3n) is 6.08. The highest BCUT2D eigenvalue weighted by Crippen LogP contribution is 2.46. The normalized spacial score (nSPS) is 25.3. The van der Waals surface area contributed by atoms with Gasteiger partial charge < -0.3 is 14.8 Å². The van der Waals surface area contributed by atoms with Gasteiger partial charge in [-0.05, 0) is 50.0 Å². The summed E-state index contributed by atoms with van der Waals surface area (Å²) >= 11 is 1.88. The fraction of sp³-hybridized carbons (Fsp3) is 0.737. The van der Waals surface area contributed by atoms with Crippen LogP contribution in [0.3, 0.4) is 0 Å². The number of hydrogen-bond donors (Lipinski definition) is 1. The van der Waals surface area contributed by atoms with Crippen LogP contribution in [0.2, 0.25) is 0 Å². The maximum absolute atomic E-state index is 12.4. The Morgan fingerprint density at radius 3 is 2.67 bits per heavy atom. The third kappa shape index (κ3) is 2.80. The first-order chi connectivity index (χ1) is 11.6. The fourth-order valence-electron chi connectivity index (χ4n) is 4.62. The number of ether oxygens (including phenoxy) is 2. The van der Waals surface area contributed by atoms with Crippen LogP contribution in [0.5, 0.6) is 0 Å². The van der Waals surface area contributed by atoms with Gasteiger partial charge in [0.25, 0.3) is 5.91 Å². The van der Waals surface area contributed by atoms with Crippen molar-refractivity contribution in [2.45, 2.75) is 64.1 Å². The summed E-state index contributed by atoms with van der Waals surface area (Å²) in [6.45, 7) is 6.77. The lowest BCUT2D eigenvalue weighted by atomic mass is 9.77. The summed E-state index contributed by atoms with van der Waals surface area (Å²) in [5.41, 5.74) is 2.18. The van der Waals surface area contributed by atoms with Gasteiger partial charge in [0, 0.05) is 29.1 Å². The molecule has 3 aliphatic rings. The maximum Gasteiger partial charge on any atom is 0.252 e. The van der Waals surface area contributed by atoms with Crippen molar-refractivity contribution in [2.24, 2.45) is 5.92 Å². The number of amides is 1. The Labute approximate surface area is 147 Å². The molecule has 1 aliphatic carbocycles. The smallest absolute Gasteiger partial charge is 0.252 e. The molecule has 1 unspecified atom stereocenters. The van der Waals surface area contributed by atoms with Gasteiger partial charge in [0.2, 0.25) is 0 Å². The van der Waals surface area contributed by atoms with Gasteiger partial charge >= 0.3 is 0 Å². The van der Waals surface area contributed by atoms with E-state index in [2.05, 4.69) is 19.2 Å². The Morgan fingerprint density at radius 2 is 1.96 bits per heavy atom. The van der Waals surface area contributed by atoms with Crippen LogP contribution in [-0.2, 0) is 15.9 Å². The molecule has 0 radical (unpaired) electrons. The van der Waals surface area contributed by atoms with Gasteiger partial charge in [-0.2, -0.15) is 0 Å². The van der Waals surface area contributed by atoms with E-state index in [0.29, 0.717) is 11.8 Å². The van der Waals surface area contributed by atoms with E-state index in [1.807, 2.05) is 11.3 Å². The van der Waals surface area contributed by atoms with Gasteiger partial charge in [-0.3, -0.25) is 4.79 Å². The highest BCUT2D eigenvalue weighted by atomic mass is 32.1. The van der Waals surface area contributed by atoms with Crippen molar-refractivity contribution in [3.05, 3.63) is 20.9 Å². The van der Waals surface area contributed by atoms with Crippen LogP contribution < -0.4 is 5.32 Å². The van der Waals surface area contributed by atoms with E-state index in [-0.39, 0.29) is 11.7 Å². The number of carbonyl (C=O) groups is 1. The van der Waals surface area contributed by atoms with Gasteiger partial charge in [-0.15, -0.1) is 11.3 Å². The van der Waals surface area contributed by atoms with Gasteiger partial charge in [-0.25, -0.2) is 0 Å². The molecule has 1 saturated heterocycles. The van der Waals surface area contributed by atoms with Crippen molar-refractivity contribution in [1.29, 1.82) is 0 Å². The minimum absolute atomic E-state index is 0.130. The molecule has 4 nitrogen and oxygen atoms in total. The molecule has 1 amide bonds. The zero-order valence-corrected chi connectivity index (χ0v) is 15.5. The van der Waals surface area contributed by atoms with Crippen molar-refractivity contribution < 1.29 is 14.3 Å². The number of carbonyl (C=O) groups excluding carboxylic acids is 1. The first-order valence-electron chi connectivity index (χ1n) is 9.28. The molecule has 5 heteroatoms. The molecule has 1 aromatic rings. The molecule has 1 N–H and O–H groups in total. The van der Waals surface area contributed by atoms with E-state index < -0.39 is 0 Å². The number of rotatable bonds is 2. The molecule has 2 aliphatic heterocycles. The van der Waals surface area contributed by atoms with Gasteiger partial charge in [-0.1, -0.05) is 6.92 Å². The molecule has 132 valence electrons. The molecule has 3 heterocycles. The van der Waals surface area contributed by atoms with Crippen LogP contribution in [0.25, 0.3) is 0 Å². The van der Waals surface area contributed by atoms with E-state index in [0.717, 1.165) is 63.8 Å². The van der Waals surface area contributed by atoms with Gasteiger partial charge in [0.15, 0.2) is 5.79 Å². The van der Waals surface area contributed by atoms with Crippen LogP contribution >= 0.6 is 11.3 Å². The van der Waals surface area contributed by atoms with Crippen molar-refractivity contribution in [3.8, 4) is 0 Å². The second-order valence-electron chi connectivity index (χ2n) is 7.48. The monoisotopic (exact) mass is 349 g/mol. The minimum atomic E-state index is -0.280. The second kappa shape index (κ2) is 6.43. The SMILES string of the molecule is Cc1c(C(C)C2CCC3(CC2)OCCO3)sc2c1C(=O)NCCC2. The van der Waals surface area contributed by atoms with E-state index in [1.165, 1.54) is 15.3 Å². The molecular weight excluding hydrogens is 322 g/mol. The fourth-order valence-corrected chi connectivity index (χ4v) is 6.11. The number of thiophene rings is 1. The summed E-state index contributed by atoms with van der Waals surface area (Å²) < 4.78 is 11.7. The second-order valence-corrected chi connectivity index (χ2v) is 8.62. The van der Waals surface area contributed by atoms with Crippen LogP contribution in [0.1, 0.15) is 70.6 Å². The molecule has 2 fully saturated rings. The predicted octanol–water partition coefficient (Wildman–Crippen LogP) is 3.77. The van der Waals surface area contributed by atoms with Crippen LogP contribution in [0, 0.1) is 12.8 Å². The van der Waals surface area contributed by atoms with E-state index >= 15 is 0 Å². The van der Waals surface area contributed by atoms with Crippen molar-refractivity contribution in [3.63, 3.8) is 0 Å². The van der Waals surface area contributed by atoms with Crippen LogP contribution in [0.4, 0.5) is 0 Å². The number of fused-ring (bicyclic) bond motifs is 1. The number of aryl methyl sites for hydroxylation is 1. The summed E-state index contributed by atoms with van der Waals surface area (Å²) in [4.78, 5) is 15.1. The zero-order chi connectivity index (χ0) is 16.7. The molecule has 1 aromatic heterocycles. The summed E-state index contributed by atoms with van der Waals surface area (Å²) in [5.74, 6) is 1.02. The standard InChI is InChI=1S/C19H27NO3S/c1-12(14-5-7-19(8-6-14)22-10-11-23-19)17-13(2)16-15(24-17)4-3-9-20-18(16)21/h12,14H,3-11H2,1-2H3,(H,20,21). The quantitative estimate of drug-likeness (QED) is 0.884. The lowest BCUT2D eigenvalue weighted by Crippen LogP contribution is -2.36. The molecule has 1 saturated carbocycles. The third-order valence-corrected chi connectivity index (χ3v) is 7.63. The number of hydrogen-bond acceptors (Lipinski definition) is 4. The molecule has 4 rings (SSSR count). The Morgan fingerprint density at radius 1 is 1.25 bits per heavy atom. The van der Waals surface area contributed by atoms with Crippen molar-refractivity contribution >= 4 is 17.2 Å². The molecule has 1 atom stereocenters. The summed E-state index contributed by atoms with van der Waals surface area (Å²) in [5, 5.41) is 3.04. The summed E-state index contributed by atoms with van der Waals surface area (Å²) in [7, 11) is 0. The highest BCUT2D eigenvalue weighted by molar-refractivity contribution is 7.12. The Balaban J connectivity index is 1.52. The maximum atomic E-state index is 12.4. The average Bonchev–Trinajstić information content (AvgIpc) is 3.11. The molecule has 24 heavy (non-hydrogen) atoms. The minimum Gasteiger partial charge on any atom is -0.352 e. The van der Waals surface area contributed by atoms with E-state index in [9.17, 15) is 4.79 Å². The van der Waals surface area contributed by atoms with E-state index in [1.54, 1.807) is 0 Å². The topological polar surface area (TPSA) is 47.6 Å². The van der Waals surface area contributed by atoms with Gasteiger partial charge in [0.1, 0.15) is 0 Å². The average molecular weight is 349 g/mol. The van der Waals surface area contributed by atoms with Crippen LogP contribution in [-0.4, -0.2) is 31.5 Å². The van der Waals surface area contributed by atoms with E-state index in [4.69, 9.17) is 9.47 Å². The Kier molecular flexibility index (Phi) is 4.43. The predicted molar refractivity (Wildman–Crippen MR) is 94.7 cm³/mol. The molecule has 0 bridgehead atoms. The summed E-state index contributed by atoms with van der Waals surface area (Å²) in [6, 6.07) is 0.